The first-order chi connectivity index (χ1) is 5.34. The second-order valence-electron chi connectivity index (χ2n) is 3.67. The molecule has 0 aliphatic heterocycles. The van der Waals surface area contributed by atoms with Gasteiger partial charge >= 0.3 is 0 Å². The fraction of sp³-hybridized carbons (Fsp3) is 1.00. The molecule has 0 heterocycles. The number of nitrogens with two attached hydrogens (primary N) is 1. The molecule has 0 bridgehead atoms. The van der Waals surface area contributed by atoms with Crippen LogP contribution in [0.4, 0.5) is 0 Å². The van der Waals surface area contributed by atoms with Gasteiger partial charge in [0.05, 0.1) is 0 Å². The van der Waals surface area contributed by atoms with Crippen molar-refractivity contribution in [2.75, 3.05) is 19.6 Å². The molecule has 1 fully saturated rings. The van der Waals surface area contributed by atoms with E-state index in [9.17, 15) is 0 Å². The second-order valence-corrected chi connectivity index (χ2v) is 3.67. The Morgan fingerprint density at radius 1 is 1.45 bits per heavy atom. The third-order valence-corrected chi connectivity index (χ3v) is 2.49. The molecular weight excluding hydrogens is 136 g/mol. The summed E-state index contributed by atoms with van der Waals surface area (Å²) in [6.45, 7) is 5.54. The molecule has 0 aromatic heterocycles. The van der Waals surface area contributed by atoms with Gasteiger partial charge in [0.2, 0.25) is 0 Å². The molecule has 0 spiro atoms. The van der Waals surface area contributed by atoms with E-state index in [0.717, 1.165) is 31.3 Å². The minimum atomic E-state index is 0.835. The van der Waals surface area contributed by atoms with Crippen LogP contribution in [0.1, 0.15) is 26.2 Å². The summed E-state index contributed by atoms with van der Waals surface area (Å²) < 4.78 is 0. The molecule has 1 saturated carbocycles. The van der Waals surface area contributed by atoms with Crippen LogP contribution in [0.15, 0.2) is 0 Å². The minimum absolute atomic E-state index is 0.835. The van der Waals surface area contributed by atoms with Crippen molar-refractivity contribution in [3.05, 3.63) is 0 Å². The molecular formula is C9H20N2. The molecule has 0 amide bonds. The fourth-order valence-electron chi connectivity index (χ4n) is 1.37. The molecule has 11 heavy (non-hydrogen) atoms. The molecule has 0 radical (unpaired) electrons. The van der Waals surface area contributed by atoms with Gasteiger partial charge in [-0.3, -0.25) is 0 Å². The van der Waals surface area contributed by atoms with Crippen LogP contribution < -0.4 is 11.1 Å². The Kier molecular flexibility index (Phi) is 3.87. The van der Waals surface area contributed by atoms with Crippen molar-refractivity contribution < 1.29 is 0 Å². The Hall–Kier alpha value is -0.0800. The number of unbranched alkanes of at least 4 members (excludes halogenated alkanes) is 1. The predicted octanol–water partition coefficient (Wildman–Crippen LogP) is 0.971. The molecule has 2 heteroatoms. The molecule has 3 N–H and O–H groups in total. The Morgan fingerprint density at radius 2 is 2.18 bits per heavy atom. The lowest BCUT2D eigenvalue weighted by Gasteiger charge is -2.01. The molecule has 66 valence electrons. The van der Waals surface area contributed by atoms with Crippen LogP contribution in [-0.2, 0) is 0 Å². The molecule has 1 aliphatic carbocycles. The maximum atomic E-state index is 5.38. The highest BCUT2D eigenvalue weighted by molar-refractivity contribution is 4.83. The Morgan fingerprint density at radius 3 is 2.73 bits per heavy atom. The molecule has 1 rings (SSSR count). The quantitative estimate of drug-likeness (QED) is 0.562. The van der Waals surface area contributed by atoms with Gasteiger partial charge in [0.25, 0.3) is 0 Å². The third-order valence-electron chi connectivity index (χ3n) is 2.49. The fourth-order valence-corrected chi connectivity index (χ4v) is 1.37. The summed E-state index contributed by atoms with van der Waals surface area (Å²) in [6.07, 6.45) is 3.83. The predicted molar refractivity (Wildman–Crippen MR) is 48.4 cm³/mol. The normalized spacial score (nSPS) is 28.9. The first kappa shape index (κ1) is 9.01. The van der Waals surface area contributed by atoms with Crippen molar-refractivity contribution in [2.24, 2.45) is 17.6 Å². The van der Waals surface area contributed by atoms with Crippen LogP contribution in [0.2, 0.25) is 0 Å². The molecule has 2 atom stereocenters. The summed E-state index contributed by atoms with van der Waals surface area (Å²) in [7, 11) is 0. The van der Waals surface area contributed by atoms with Crippen molar-refractivity contribution in [1.29, 1.82) is 0 Å². The Bertz CT molecular complexity index is 104. The monoisotopic (exact) mass is 156 g/mol. The number of nitrogens with one attached hydrogen (secondary N) is 1. The van der Waals surface area contributed by atoms with Gasteiger partial charge in [0, 0.05) is 0 Å². The summed E-state index contributed by atoms with van der Waals surface area (Å²) in [6, 6.07) is 0. The largest absolute Gasteiger partial charge is 0.330 e. The highest BCUT2D eigenvalue weighted by Gasteiger charge is 2.31. The topological polar surface area (TPSA) is 38.0 Å². The van der Waals surface area contributed by atoms with Gasteiger partial charge in [-0.15, -0.1) is 0 Å². The molecule has 2 unspecified atom stereocenters. The van der Waals surface area contributed by atoms with Crippen LogP contribution in [0.5, 0.6) is 0 Å². The summed E-state index contributed by atoms with van der Waals surface area (Å²) >= 11 is 0. The molecule has 0 aromatic rings. The smallest absolute Gasteiger partial charge is 0.00179 e. The SMILES string of the molecule is CC1CC1CNCCCCN. The van der Waals surface area contributed by atoms with Crippen LogP contribution in [0, 0.1) is 11.8 Å². The average Bonchev–Trinajstić information content (AvgIpc) is 2.67. The third kappa shape index (κ3) is 3.73. The van der Waals surface area contributed by atoms with Gasteiger partial charge in [-0.05, 0) is 50.7 Å². The number of hydrogen-bond acceptors (Lipinski definition) is 2. The molecule has 1 aliphatic rings. The minimum Gasteiger partial charge on any atom is -0.330 e. The van der Waals surface area contributed by atoms with E-state index in [2.05, 4.69) is 12.2 Å². The van der Waals surface area contributed by atoms with Gasteiger partial charge in [0.1, 0.15) is 0 Å². The highest BCUT2D eigenvalue weighted by atomic mass is 14.9. The molecule has 0 saturated heterocycles. The first-order valence-corrected chi connectivity index (χ1v) is 4.75. The summed E-state index contributed by atoms with van der Waals surface area (Å²) in [5.41, 5.74) is 5.38. The van der Waals surface area contributed by atoms with E-state index < -0.39 is 0 Å². The molecule has 2 nitrogen and oxygen atoms in total. The van der Waals surface area contributed by atoms with Gasteiger partial charge < -0.3 is 11.1 Å². The van der Waals surface area contributed by atoms with E-state index in [4.69, 9.17) is 5.73 Å². The van der Waals surface area contributed by atoms with Gasteiger partial charge in [-0.25, -0.2) is 0 Å². The lowest BCUT2D eigenvalue weighted by atomic mass is 10.3. The standard InChI is InChI=1S/C9H20N2/c1-8-6-9(8)7-11-5-3-2-4-10/h8-9,11H,2-7,10H2,1H3. The van der Waals surface area contributed by atoms with Crippen molar-refractivity contribution >= 4 is 0 Å². The summed E-state index contributed by atoms with van der Waals surface area (Å²) in [4.78, 5) is 0. The van der Waals surface area contributed by atoms with E-state index in [1.807, 2.05) is 0 Å². The Labute approximate surface area is 69.5 Å². The van der Waals surface area contributed by atoms with Gasteiger partial charge in [-0.1, -0.05) is 6.92 Å². The number of hydrogen-bond donors (Lipinski definition) is 2. The van der Waals surface area contributed by atoms with Gasteiger partial charge in [0.15, 0.2) is 0 Å². The zero-order valence-electron chi connectivity index (χ0n) is 7.47. The average molecular weight is 156 g/mol. The first-order valence-electron chi connectivity index (χ1n) is 4.75. The lowest BCUT2D eigenvalue weighted by molar-refractivity contribution is 0.582. The lowest BCUT2D eigenvalue weighted by Crippen LogP contribution is -2.19. The van der Waals surface area contributed by atoms with Crippen molar-refractivity contribution in [2.45, 2.75) is 26.2 Å². The summed E-state index contributed by atoms with van der Waals surface area (Å²) in [5.74, 6) is 1.96. The van der Waals surface area contributed by atoms with Gasteiger partial charge in [-0.2, -0.15) is 0 Å². The summed E-state index contributed by atoms with van der Waals surface area (Å²) in [5, 5.41) is 3.46. The maximum Gasteiger partial charge on any atom is -0.00179 e. The highest BCUT2D eigenvalue weighted by Crippen LogP contribution is 2.36. The van der Waals surface area contributed by atoms with E-state index >= 15 is 0 Å². The van der Waals surface area contributed by atoms with E-state index in [1.54, 1.807) is 0 Å². The van der Waals surface area contributed by atoms with E-state index in [1.165, 1.54) is 19.4 Å². The zero-order valence-corrected chi connectivity index (χ0v) is 7.47. The van der Waals surface area contributed by atoms with Crippen LogP contribution in [0.25, 0.3) is 0 Å². The van der Waals surface area contributed by atoms with Crippen LogP contribution >= 0.6 is 0 Å². The molecule has 0 aromatic carbocycles. The van der Waals surface area contributed by atoms with Crippen LogP contribution in [0.3, 0.4) is 0 Å². The second kappa shape index (κ2) is 4.73. The van der Waals surface area contributed by atoms with Crippen molar-refractivity contribution in [1.82, 2.24) is 5.32 Å². The van der Waals surface area contributed by atoms with E-state index in [-0.39, 0.29) is 0 Å². The van der Waals surface area contributed by atoms with Crippen molar-refractivity contribution in [3.63, 3.8) is 0 Å². The van der Waals surface area contributed by atoms with E-state index in [0.29, 0.717) is 0 Å². The maximum absolute atomic E-state index is 5.38. The number of rotatable bonds is 6. The Balaban J connectivity index is 1.74. The van der Waals surface area contributed by atoms with Crippen molar-refractivity contribution in [3.8, 4) is 0 Å². The zero-order chi connectivity index (χ0) is 8.10. The van der Waals surface area contributed by atoms with Crippen LogP contribution in [-0.4, -0.2) is 19.6 Å².